The fraction of sp³-hybridized carbons (Fsp3) is 0.533. The lowest BCUT2D eigenvalue weighted by Crippen LogP contribution is -2.31. The van der Waals surface area contributed by atoms with Crippen molar-refractivity contribution >= 4 is 5.84 Å². The summed E-state index contributed by atoms with van der Waals surface area (Å²) in [6.07, 6.45) is 0. The van der Waals surface area contributed by atoms with Crippen LogP contribution in [0.1, 0.15) is 25.0 Å². The van der Waals surface area contributed by atoms with Gasteiger partial charge in [-0.25, -0.2) is 0 Å². The summed E-state index contributed by atoms with van der Waals surface area (Å²) in [5.41, 5.74) is 7.29. The first-order chi connectivity index (χ1) is 10.2. The third-order valence-electron chi connectivity index (χ3n) is 3.48. The first kappa shape index (κ1) is 17.3. The quantitative estimate of drug-likeness (QED) is 0.210. The molecular formula is C15H26N4O2. The van der Waals surface area contributed by atoms with E-state index in [1.807, 2.05) is 12.1 Å². The van der Waals surface area contributed by atoms with Crippen molar-refractivity contribution in [3.63, 3.8) is 0 Å². The van der Waals surface area contributed by atoms with E-state index in [4.69, 9.17) is 15.7 Å². The summed E-state index contributed by atoms with van der Waals surface area (Å²) in [6, 6.07) is 5.65. The predicted octanol–water partition coefficient (Wildman–Crippen LogP) is 1.22. The van der Waals surface area contributed by atoms with E-state index < -0.39 is 0 Å². The molecule has 1 aromatic rings. The Balaban J connectivity index is 2.57. The lowest BCUT2D eigenvalue weighted by atomic mass is 10.1. The highest BCUT2D eigenvalue weighted by Gasteiger charge is 2.08. The molecule has 4 N–H and O–H groups in total. The predicted molar refractivity (Wildman–Crippen MR) is 85.0 cm³/mol. The second-order valence-electron chi connectivity index (χ2n) is 4.72. The molecule has 21 heavy (non-hydrogen) atoms. The molecule has 0 radical (unpaired) electrons. The van der Waals surface area contributed by atoms with Crippen molar-refractivity contribution in [2.24, 2.45) is 10.9 Å². The molecule has 118 valence electrons. The van der Waals surface area contributed by atoms with Crippen LogP contribution >= 0.6 is 0 Å². The Kier molecular flexibility index (Phi) is 7.56. The monoisotopic (exact) mass is 294 g/mol. The largest absolute Gasteiger partial charge is 0.496 e. The minimum atomic E-state index is 0.0490. The van der Waals surface area contributed by atoms with E-state index in [0.29, 0.717) is 11.3 Å². The van der Waals surface area contributed by atoms with Crippen molar-refractivity contribution in [1.29, 1.82) is 0 Å². The fourth-order valence-electron chi connectivity index (χ4n) is 2.12. The molecule has 0 fully saturated rings. The molecule has 0 aliphatic rings. The van der Waals surface area contributed by atoms with Gasteiger partial charge in [-0.05, 0) is 30.8 Å². The number of oxime groups is 1. The first-order valence-electron chi connectivity index (χ1n) is 7.24. The number of nitrogens with two attached hydrogens (primary N) is 1. The highest BCUT2D eigenvalue weighted by atomic mass is 16.5. The zero-order valence-corrected chi connectivity index (χ0v) is 13.1. The smallest absolute Gasteiger partial charge is 0.173 e. The van der Waals surface area contributed by atoms with Gasteiger partial charge in [0.15, 0.2) is 5.84 Å². The fourth-order valence-corrected chi connectivity index (χ4v) is 2.12. The number of hydrogen-bond donors (Lipinski definition) is 3. The second kappa shape index (κ2) is 9.20. The number of likely N-dealkylation sites (N-methyl/N-ethyl adjacent to an activating group) is 1. The zero-order valence-electron chi connectivity index (χ0n) is 13.1. The molecule has 0 spiro atoms. The number of methoxy groups -OCH3 is 1. The van der Waals surface area contributed by atoms with Gasteiger partial charge in [-0.15, -0.1) is 0 Å². The minimum Gasteiger partial charge on any atom is -0.496 e. The minimum absolute atomic E-state index is 0.0490. The molecule has 0 saturated carbocycles. The van der Waals surface area contributed by atoms with E-state index in [1.165, 1.54) is 0 Å². The molecule has 0 amide bonds. The maximum Gasteiger partial charge on any atom is 0.173 e. The lowest BCUT2D eigenvalue weighted by Gasteiger charge is -2.18. The Morgan fingerprint density at radius 1 is 1.38 bits per heavy atom. The van der Waals surface area contributed by atoms with Crippen LogP contribution in [-0.4, -0.2) is 49.2 Å². The SMILES string of the molecule is CCN(CC)CCNCc1ccc(/C(N)=N/O)c(OC)c1. The molecule has 0 aliphatic heterocycles. The van der Waals surface area contributed by atoms with Gasteiger partial charge in [-0.1, -0.05) is 25.1 Å². The van der Waals surface area contributed by atoms with Gasteiger partial charge < -0.3 is 25.9 Å². The highest BCUT2D eigenvalue weighted by molar-refractivity contribution is 5.99. The maximum atomic E-state index is 8.74. The molecule has 1 rings (SSSR count). The molecule has 1 aromatic carbocycles. The van der Waals surface area contributed by atoms with E-state index in [9.17, 15) is 0 Å². The zero-order chi connectivity index (χ0) is 15.7. The van der Waals surface area contributed by atoms with Gasteiger partial charge >= 0.3 is 0 Å². The van der Waals surface area contributed by atoms with Crippen molar-refractivity contribution in [3.8, 4) is 5.75 Å². The molecule has 0 unspecified atom stereocenters. The van der Waals surface area contributed by atoms with Crippen molar-refractivity contribution in [2.45, 2.75) is 20.4 Å². The number of amidine groups is 1. The molecule has 6 nitrogen and oxygen atoms in total. The Bertz CT molecular complexity index is 459. The number of hydrogen-bond acceptors (Lipinski definition) is 5. The second-order valence-corrected chi connectivity index (χ2v) is 4.72. The van der Waals surface area contributed by atoms with Crippen LogP contribution in [0.15, 0.2) is 23.4 Å². The van der Waals surface area contributed by atoms with Gasteiger partial charge in [0, 0.05) is 19.6 Å². The van der Waals surface area contributed by atoms with Gasteiger partial charge in [-0.3, -0.25) is 0 Å². The Labute approximate surface area is 126 Å². The van der Waals surface area contributed by atoms with Crippen molar-refractivity contribution in [3.05, 3.63) is 29.3 Å². The van der Waals surface area contributed by atoms with E-state index >= 15 is 0 Å². The van der Waals surface area contributed by atoms with Crippen molar-refractivity contribution < 1.29 is 9.94 Å². The Hall–Kier alpha value is -1.79. The summed E-state index contributed by atoms with van der Waals surface area (Å²) < 4.78 is 5.28. The molecule has 0 bridgehead atoms. The average molecular weight is 294 g/mol. The lowest BCUT2D eigenvalue weighted by molar-refractivity contribution is 0.302. The van der Waals surface area contributed by atoms with Crippen LogP contribution in [0.5, 0.6) is 5.75 Å². The summed E-state index contributed by atoms with van der Waals surface area (Å²) >= 11 is 0. The normalized spacial score (nSPS) is 11.9. The molecule has 0 saturated heterocycles. The first-order valence-corrected chi connectivity index (χ1v) is 7.24. The van der Waals surface area contributed by atoms with Gasteiger partial charge in [0.25, 0.3) is 0 Å². The van der Waals surface area contributed by atoms with Crippen LogP contribution in [-0.2, 0) is 6.54 Å². The summed E-state index contributed by atoms with van der Waals surface area (Å²) in [5.74, 6) is 0.654. The van der Waals surface area contributed by atoms with E-state index in [0.717, 1.165) is 38.3 Å². The van der Waals surface area contributed by atoms with Crippen LogP contribution in [0.25, 0.3) is 0 Å². The summed E-state index contributed by atoms with van der Waals surface area (Å²) in [5, 5.41) is 15.2. The van der Waals surface area contributed by atoms with Crippen LogP contribution in [0.4, 0.5) is 0 Å². The Morgan fingerprint density at radius 3 is 2.67 bits per heavy atom. The number of rotatable bonds is 9. The maximum absolute atomic E-state index is 8.74. The van der Waals surface area contributed by atoms with Crippen molar-refractivity contribution in [1.82, 2.24) is 10.2 Å². The van der Waals surface area contributed by atoms with E-state index in [1.54, 1.807) is 13.2 Å². The molecule has 0 aromatic heterocycles. The molecule has 6 heteroatoms. The van der Waals surface area contributed by atoms with Crippen LogP contribution in [0.3, 0.4) is 0 Å². The summed E-state index contributed by atoms with van der Waals surface area (Å²) in [6.45, 7) is 9.20. The number of benzene rings is 1. The van der Waals surface area contributed by atoms with Gasteiger partial charge in [0.2, 0.25) is 0 Å². The average Bonchev–Trinajstić information content (AvgIpc) is 2.54. The van der Waals surface area contributed by atoms with Gasteiger partial charge in [0.05, 0.1) is 12.7 Å². The molecule has 0 aliphatic carbocycles. The molecule has 0 heterocycles. The number of nitrogens with zero attached hydrogens (tertiary/aromatic N) is 2. The van der Waals surface area contributed by atoms with Gasteiger partial charge in [-0.2, -0.15) is 0 Å². The Morgan fingerprint density at radius 2 is 2.10 bits per heavy atom. The highest BCUT2D eigenvalue weighted by Crippen LogP contribution is 2.19. The standard InChI is InChI=1S/C15H26N4O2/c1-4-19(5-2)9-8-17-11-12-6-7-13(15(16)18-20)14(10-12)21-3/h6-7,10,17,20H,4-5,8-9,11H2,1-3H3,(H2,16,18). The van der Waals surface area contributed by atoms with Crippen LogP contribution in [0, 0.1) is 0 Å². The number of nitrogens with one attached hydrogen (secondary N) is 1. The summed E-state index contributed by atoms with van der Waals surface area (Å²) in [7, 11) is 1.57. The van der Waals surface area contributed by atoms with Crippen LogP contribution in [0.2, 0.25) is 0 Å². The van der Waals surface area contributed by atoms with E-state index in [-0.39, 0.29) is 5.84 Å². The topological polar surface area (TPSA) is 83.1 Å². The number of ether oxygens (including phenoxy) is 1. The molecule has 0 atom stereocenters. The molecular weight excluding hydrogens is 268 g/mol. The third kappa shape index (κ3) is 5.24. The van der Waals surface area contributed by atoms with Crippen molar-refractivity contribution in [2.75, 3.05) is 33.3 Å². The summed E-state index contributed by atoms with van der Waals surface area (Å²) in [4.78, 5) is 2.37. The van der Waals surface area contributed by atoms with Crippen LogP contribution < -0.4 is 15.8 Å². The van der Waals surface area contributed by atoms with E-state index in [2.05, 4.69) is 29.2 Å². The van der Waals surface area contributed by atoms with Gasteiger partial charge in [0.1, 0.15) is 5.75 Å². The third-order valence-corrected chi connectivity index (χ3v) is 3.48.